The molecule has 0 heterocycles. The Morgan fingerprint density at radius 2 is 1.24 bits per heavy atom. The fourth-order valence-corrected chi connectivity index (χ4v) is 2.10. The fraction of sp³-hybridized carbons (Fsp3) is 0.188. The molecule has 0 spiro atoms. The van der Waals surface area contributed by atoms with Gasteiger partial charge in [-0.05, 0) is 11.1 Å². The Kier molecular flexibility index (Phi) is 5.05. The number of nitrogens with zero attached hydrogens (tertiary/aromatic N) is 1. The number of hydrogen-bond acceptors (Lipinski definition) is 4. The Hall–Kier alpha value is -2.21. The molecule has 0 amide bonds. The van der Waals surface area contributed by atoms with Gasteiger partial charge in [0.1, 0.15) is 19.0 Å². The van der Waals surface area contributed by atoms with Crippen LogP contribution in [-0.4, -0.2) is 32.7 Å². The third-order valence-electron chi connectivity index (χ3n) is 3.14. The smallest absolute Gasteiger partial charge is 0.317 e. The number of carboxylic acids is 1. The van der Waals surface area contributed by atoms with E-state index in [0.717, 1.165) is 4.90 Å². The summed E-state index contributed by atoms with van der Waals surface area (Å²) >= 11 is 0. The second-order valence-corrected chi connectivity index (χ2v) is 4.63. The first-order valence-corrected chi connectivity index (χ1v) is 6.53. The minimum atomic E-state index is -1.21. The molecule has 5 nitrogen and oxygen atoms in total. The van der Waals surface area contributed by atoms with Gasteiger partial charge in [-0.1, -0.05) is 60.7 Å². The van der Waals surface area contributed by atoms with Gasteiger partial charge in [0.2, 0.25) is 0 Å². The van der Waals surface area contributed by atoms with Gasteiger partial charge in [0, 0.05) is 0 Å². The van der Waals surface area contributed by atoms with Crippen molar-refractivity contribution in [3.05, 3.63) is 71.8 Å². The normalized spacial score (nSPS) is 13.9. The van der Waals surface area contributed by atoms with Crippen LogP contribution in [0.4, 0.5) is 0 Å². The Balaban J connectivity index is 2.28. The summed E-state index contributed by atoms with van der Waals surface area (Å²) < 4.78 is 0. The van der Waals surface area contributed by atoms with Crippen molar-refractivity contribution in [2.75, 3.05) is 6.54 Å². The molecule has 0 saturated heterocycles. The number of rotatable bonds is 6. The summed E-state index contributed by atoms with van der Waals surface area (Å²) in [4.78, 5) is 12.1. The Morgan fingerprint density at radius 3 is 1.57 bits per heavy atom. The lowest BCUT2D eigenvalue weighted by Crippen LogP contribution is -2.37. The highest BCUT2D eigenvalue weighted by Gasteiger charge is 2.27. The van der Waals surface area contributed by atoms with E-state index in [1.165, 1.54) is 0 Å². The summed E-state index contributed by atoms with van der Waals surface area (Å²) in [7, 11) is 0. The third kappa shape index (κ3) is 3.88. The number of aliphatic carboxylic acids is 1. The van der Waals surface area contributed by atoms with Gasteiger partial charge in [-0.2, -0.15) is 0 Å². The maximum absolute atomic E-state index is 11.0. The molecule has 0 aliphatic carbocycles. The van der Waals surface area contributed by atoms with Crippen molar-refractivity contribution in [2.24, 2.45) is 0 Å². The van der Waals surface area contributed by atoms with Crippen LogP contribution in [0.25, 0.3) is 0 Å². The second-order valence-electron chi connectivity index (χ2n) is 4.63. The van der Waals surface area contributed by atoms with E-state index in [4.69, 9.17) is 5.11 Å². The van der Waals surface area contributed by atoms with Gasteiger partial charge in [0.05, 0.1) is 0 Å². The lowest BCUT2D eigenvalue weighted by Gasteiger charge is -2.31. The van der Waals surface area contributed by atoms with Crippen LogP contribution in [0.5, 0.6) is 0 Å². The topological polar surface area (TPSA) is 81.0 Å². The van der Waals surface area contributed by atoms with Crippen LogP contribution in [0.1, 0.15) is 23.6 Å². The molecule has 2 unspecified atom stereocenters. The van der Waals surface area contributed by atoms with Crippen LogP contribution in [0.3, 0.4) is 0 Å². The van der Waals surface area contributed by atoms with Crippen molar-refractivity contribution in [1.29, 1.82) is 0 Å². The Morgan fingerprint density at radius 1 is 0.857 bits per heavy atom. The number of hydrogen-bond donors (Lipinski definition) is 3. The quantitative estimate of drug-likeness (QED) is 0.705. The first kappa shape index (κ1) is 15.2. The van der Waals surface area contributed by atoms with Gasteiger partial charge in [-0.15, -0.1) is 0 Å². The van der Waals surface area contributed by atoms with Gasteiger partial charge >= 0.3 is 5.97 Å². The molecule has 0 bridgehead atoms. The summed E-state index contributed by atoms with van der Waals surface area (Å²) in [5.41, 5.74) is 1.04. The molecular weight excluding hydrogens is 270 g/mol. The highest BCUT2D eigenvalue weighted by atomic mass is 16.4. The van der Waals surface area contributed by atoms with Crippen LogP contribution in [0, 0.1) is 0 Å². The zero-order valence-electron chi connectivity index (χ0n) is 11.3. The summed E-state index contributed by atoms with van der Waals surface area (Å²) in [5.74, 6) is -1.13. The van der Waals surface area contributed by atoms with Gasteiger partial charge in [0.15, 0.2) is 0 Å². The highest BCUT2D eigenvalue weighted by molar-refractivity contribution is 5.69. The van der Waals surface area contributed by atoms with Crippen LogP contribution < -0.4 is 0 Å². The van der Waals surface area contributed by atoms with E-state index in [0.29, 0.717) is 11.1 Å². The molecule has 2 aromatic rings. The second kappa shape index (κ2) is 6.99. The summed E-state index contributed by atoms with van der Waals surface area (Å²) in [6.45, 7) is -0.480. The predicted octanol–water partition coefficient (Wildman–Crippen LogP) is 1.76. The Bertz CT molecular complexity index is 528. The number of aliphatic hydroxyl groups excluding tert-OH is 2. The largest absolute Gasteiger partial charge is 0.480 e. The summed E-state index contributed by atoms with van der Waals surface area (Å²) in [5, 5.41) is 29.7. The van der Waals surface area contributed by atoms with Crippen molar-refractivity contribution < 1.29 is 20.1 Å². The predicted molar refractivity (Wildman–Crippen MR) is 77.1 cm³/mol. The molecule has 0 radical (unpaired) electrons. The molecule has 0 aliphatic heterocycles. The average molecular weight is 287 g/mol. The van der Waals surface area contributed by atoms with Gasteiger partial charge < -0.3 is 15.3 Å². The van der Waals surface area contributed by atoms with E-state index in [2.05, 4.69) is 0 Å². The summed E-state index contributed by atoms with van der Waals surface area (Å²) in [6, 6.07) is 17.3. The molecule has 110 valence electrons. The van der Waals surface area contributed by atoms with E-state index in [1.807, 2.05) is 0 Å². The maximum Gasteiger partial charge on any atom is 0.317 e. The molecule has 2 atom stereocenters. The SMILES string of the molecule is O=C(O)CN(C(O)c1ccccc1)C(O)c1ccccc1. The maximum atomic E-state index is 11.0. The first-order chi connectivity index (χ1) is 10.1. The lowest BCUT2D eigenvalue weighted by molar-refractivity contribution is -0.153. The minimum Gasteiger partial charge on any atom is -0.480 e. The standard InChI is InChI=1S/C16H17NO4/c18-14(19)11-17(15(20)12-7-3-1-4-8-12)16(21)13-9-5-2-6-10-13/h1-10,15-16,20-21H,11H2,(H,18,19). The Labute approximate surface area is 122 Å². The first-order valence-electron chi connectivity index (χ1n) is 6.53. The van der Waals surface area contributed by atoms with E-state index in [-0.39, 0.29) is 0 Å². The van der Waals surface area contributed by atoms with Crippen LogP contribution in [0.15, 0.2) is 60.7 Å². The summed E-state index contributed by atoms with van der Waals surface area (Å²) in [6.07, 6.45) is -2.42. The van der Waals surface area contributed by atoms with Crippen molar-refractivity contribution in [1.82, 2.24) is 4.90 Å². The van der Waals surface area contributed by atoms with Crippen LogP contribution >= 0.6 is 0 Å². The molecule has 21 heavy (non-hydrogen) atoms. The average Bonchev–Trinajstić information content (AvgIpc) is 2.53. The zero-order valence-corrected chi connectivity index (χ0v) is 11.3. The molecule has 3 N–H and O–H groups in total. The number of aliphatic hydroxyl groups is 2. The molecule has 0 aromatic heterocycles. The van der Waals surface area contributed by atoms with Crippen molar-refractivity contribution in [3.8, 4) is 0 Å². The van der Waals surface area contributed by atoms with E-state index in [1.54, 1.807) is 60.7 Å². The molecule has 2 aromatic carbocycles. The van der Waals surface area contributed by atoms with Crippen molar-refractivity contribution in [3.63, 3.8) is 0 Å². The van der Waals surface area contributed by atoms with Gasteiger partial charge in [-0.3, -0.25) is 4.79 Å². The van der Waals surface area contributed by atoms with E-state index >= 15 is 0 Å². The molecular formula is C16H17NO4. The van der Waals surface area contributed by atoms with Crippen molar-refractivity contribution in [2.45, 2.75) is 12.5 Å². The molecule has 5 heteroatoms. The number of benzene rings is 2. The van der Waals surface area contributed by atoms with Crippen LogP contribution in [-0.2, 0) is 4.79 Å². The molecule has 0 saturated carbocycles. The third-order valence-corrected chi connectivity index (χ3v) is 3.14. The highest BCUT2D eigenvalue weighted by Crippen LogP contribution is 2.26. The monoisotopic (exact) mass is 287 g/mol. The van der Waals surface area contributed by atoms with Gasteiger partial charge in [-0.25, -0.2) is 4.90 Å². The minimum absolute atomic E-state index is 0.480. The lowest BCUT2D eigenvalue weighted by atomic mass is 10.1. The van der Waals surface area contributed by atoms with Gasteiger partial charge in [0.25, 0.3) is 0 Å². The number of carbonyl (C=O) groups is 1. The fourth-order valence-electron chi connectivity index (χ4n) is 2.10. The molecule has 0 fully saturated rings. The van der Waals surface area contributed by atoms with E-state index in [9.17, 15) is 15.0 Å². The molecule has 0 aliphatic rings. The van der Waals surface area contributed by atoms with E-state index < -0.39 is 25.0 Å². The zero-order chi connectivity index (χ0) is 15.2. The van der Waals surface area contributed by atoms with Crippen molar-refractivity contribution >= 4 is 5.97 Å². The molecule has 2 rings (SSSR count). The number of carboxylic acid groups (broad SMARTS) is 1. The van der Waals surface area contributed by atoms with Crippen LogP contribution in [0.2, 0.25) is 0 Å².